The van der Waals surface area contributed by atoms with Crippen LogP contribution in [0.2, 0.25) is 5.02 Å². The molecule has 1 amide bonds. The molecule has 4 nitrogen and oxygen atoms in total. The third kappa shape index (κ3) is 2.78. The van der Waals surface area contributed by atoms with Gasteiger partial charge < -0.3 is 11.1 Å². The van der Waals surface area contributed by atoms with Crippen LogP contribution in [0.1, 0.15) is 15.9 Å². The lowest BCUT2D eigenvalue weighted by Gasteiger charge is -2.08. The first-order valence-electron chi connectivity index (χ1n) is 5.34. The van der Waals surface area contributed by atoms with Crippen molar-refractivity contribution in [3.05, 3.63) is 52.8 Å². The summed E-state index contributed by atoms with van der Waals surface area (Å²) in [5.41, 5.74) is 8.07. The average molecular weight is 262 g/mol. The van der Waals surface area contributed by atoms with E-state index < -0.39 is 0 Å². The number of benzene rings is 1. The number of rotatable bonds is 2. The Morgan fingerprint density at radius 2 is 2.11 bits per heavy atom. The lowest BCUT2D eigenvalue weighted by atomic mass is 10.2. The van der Waals surface area contributed by atoms with Crippen molar-refractivity contribution < 1.29 is 4.79 Å². The summed E-state index contributed by atoms with van der Waals surface area (Å²) >= 11 is 5.98. The highest BCUT2D eigenvalue weighted by molar-refractivity contribution is 6.34. The second-order valence-electron chi connectivity index (χ2n) is 3.94. The zero-order valence-electron chi connectivity index (χ0n) is 9.77. The smallest absolute Gasteiger partial charge is 0.257 e. The van der Waals surface area contributed by atoms with Gasteiger partial charge in [-0.2, -0.15) is 0 Å². The molecule has 1 aromatic carbocycles. The number of halogens is 1. The first-order valence-corrected chi connectivity index (χ1v) is 5.72. The van der Waals surface area contributed by atoms with E-state index in [1.165, 1.54) is 6.20 Å². The monoisotopic (exact) mass is 261 g/mol. The van der Waals surface area contributed by atoms with Crippen molar-refractivity contribution in [2.75, 3.05) is 11.1 Å². The number of hydrogen-bond acceptors (Lipinski definition) is 3. The highest BCUT2D eigenvalue weighted by atomic mass is 35.5. The van der Waals surface area contributed by atoms with Gasteiger partial charge in [0, 0.05) is 18.1 Å². The third-order valence-electron chi connectivity index (χ3n) is 2.38. The van der Waals surface area contributed by atoms with Crippen molar-refractivity contribution in [3.63, 3.8) is 0 Å². The molecule has 0 fully saturated rings. The van der Waals surface area contributed by atoms with Crippen LogP contribution in [0, 0.1) is 6.92 Å². The Kier molecular flexibility index (Phi) is 3.48. The van der Waals surface area contributed by atoms with Gasteiger partial charge in [-0.25, -0.2) is 0 Å². The molecule has 3 N–H and O–H groups in total. The van der Waals surface area contributed by atoms with Gasteiger partial charge in [0.2, 0.25) is 0 Å². The van der Waals surface area contributed by atoms with Crippen LogP contribution >= 0.6 is 11.6 Å². The number of anilines is 2. The molecule has 18 heavy (non-hydrogen) atoms. The van der Waals surface area contributed by atoms with Crippen molar-refractivity contribution in [1.29, 1.82) is 0 Å². The second-order valence-corrected chi connectivity index (χ2v) is 4.35. The summed E-state index contributed by atoms with van der Waals surface area (Å²) in [7, 11) is 0. The highest BCUT2D eigenvalue weighted by Crippen LogP contribution is 2.24. The zero-order valence-corrected chi connectivity index (χ0v) is 10.5. The van der Waals surface area contributed by atoms with Crippen molar-refractivity contribution in [2.24, 2.45) is 0 Å². The second kappa shape index (κ2) is 5.06. The van der Waals surface area contributed by atoms with E-state index in [2.05, 4.69) is 10.3 Å². The summed E-state index contributed by atoms with van der Waals surface area (Å²) in [5.74, 6) is -0.252. The van der Waals surface area contributed by atoms with E-state index in [1.54, 1.807) is 30.5 Å². The number of nitrogens with one attached hydrogen (secondary N) is 1. The Hall–Kier alpha value is -2.07. The Morgan fingerprint density at radius 3 is 2.78 bits per heavy atom. The molecule has 5 heteroatoms. The van der Waals surface area contributed by atoms with Crippen LogP contribution in [0.15, 0.2) is 36.7 Å². The van der Waals surface area contributed by atoms with Crippen LogP contribution in [0.4, 0.5) is 11.4 Å². The van der Waals surface area contributed by atoms with E-state index in [0.717, 1.165) is 5.56 Å². The number of carbonyl (C=O) groups excluding carboxylic acids is 1. The van der Waals surface area contributed by atoms with E-state index >= 15 is 0 Å². The molecule has 2 rings (SSSR count). The van der Waals surface area contributed by atoms with Crippen LogP contribution in [-0.2, 0) is 0 Å². The van der Waals surface area contributed by atoms with Gasteiger partial charge in [-0.1, -0.05) is 11.6 Å². The van der Waals surface area contributed by atoms with Crippen molar-refractivity contribution in [2.45, 2.75) is 6.92 Å². The number of carbonyl (C=O) groups is 1. The van der Waals surface area contributed by atoms with E-state index in [-0.39, 0.29) is 5.91 Å². The molecule has 1 aromatic heterocycles. The fourth-order valence-electron chi connectivity index (χ4n) is 1.51. The Bertz CT molecular complexity index is 599. The molecule has 0 atom stereocenters. The maximum Gasteiger partial charge on any atom is 0.257 e. The molecule has 0 radical (unpaired) electrons. The Morgan fingerprint density at radius 1 is 1.33 bits per heavy atom. The Labute approximate surface area is 110 Å². The number of aromatic nitrogens is 1. The predicted molar refractivity (Wildman–Crippen MR) is 72.8 cm³/mol. The largest absolute Gasteiger partial charge is 0.399 e. The van der Waals surface area contributed by atoms with Crippen molar-refractivity contribution in [1.82, 2.24) is 4.98 Å². The number of nitrogens with zero attached hydrogens (tertiary/aromatic N) is 1. The molecular formula is C13H12ClN3O. The molecule has 0 saturated carbocycles. The summed E-state index contributed by atoms with van der Waals surface area (Å²) in [6.45, 7) is 1.87. The lowest BCUT2D eigenvalue weighted by Crippen LogP contribution is -2.12. The maximum atomic E-state index is 12.0. The molecule has 0 spiro atoms. The van der Waals surface area contributed by atoms with Crippen molar-refractivity contribution >= 4 is 28.9 Å². The highest BCUT2D eigenvalue weighted by Gasteiger charge is 2.09. The third-order valence-corrected chi connectivity index (χ3v) is 2.69. The van der Waals surface area contributed by atoms with Gasteiger partial charge in [-0.3, -0.25) is 9.78 Å². The molecule has 0 aliphatic carbocycles. The van der Waals surface area contributed by atoms with Gasteiger partial charge >= 0.3 is 0 Å². The summed E-state index contributed by atoms with van der Waals surface area (Å²) in [5, 5.41) is 3.12. The van der Waals surface area contributed by atoms with Gasteiger partial charge in [-0.15, -0.1) is 0 Å². The van der Waals surface area contributed by atoms with Crippen LogP contribution < -0.4 is 11.1 Å². The first kappa shape index (κ1) is 12.4. The quantitative estimate of drug-likeness (QED) is 0.817. The molecule has 0 saturated heterocycles. The molecule has 92 valence electrons. The molecular weight excluding hydrogens is 250 g/mol. The number of nitrogen functional groups attached to an aromatic ring is 1. The molecule has 0 aliphatic rings. The average Bonchev–Trinajstić information content (AvgIpc) is 2.32. The van der Waals surface area contributed by atoms with E-state index in [1.807, 2.05) is 6.92 Å². The number of hydrogen-bond donors (Lipinski definition) is 2. The van der Waals surface area contributed by atoms with E-state index in [9.17, 15) is 4.79 Å². The molecule has 1 heterocycles. The predicted octanol–water partition coefficient (Wildman–Crippen LogP) is 2.88. The van der Waals surface area contributed by atoms with Crippen molar-refractivity contribution in [3.8, 4) is 0 Å². The number of pyridine rings is 1. The summed E-state index contributed by atoms with van der Waals surface area (Å²) in [6.07, 6.45) is 3.19. The number of aryl methyl sites for hydroxylation is 1. The number of amides is 1. The minimum absolute atomic E-state index is 0.252. The summed E-state index contributed by atoms with van der Waals surface area (Å²) < 4.78 is 0. The summed E-state index contributed by atoms with van der Waals surface area (Å²) in [6, 6.07) is 6.69. The number of nitrogens with two attached hydrogens (primary N) is 1. The maximum absolute atomic E-state index is 12.0. The van der Waals surface area contributed by atoms with Gasteiger partial charge in [0.1, 0.15) is 0 Å². The first-order chi connectivity index (χ1) is 8.56. The van der Waals surface area contributed by atoms with Gasteiger partial charge in [0.15, 0.2) is 0 Å². The zero-order chi connectivity index (χ0) is 13.1. The molecule has 0 bridgehead atoms. The topological polar surface area (TPSA) is 68.0 Å². The van der Waals surface area contributed by atoms with Gasteiger partial charge in [0.05, 0.1) is 16.3 Å². The van der Waals surface area contributed by atoms with Gasteiger partial charge in [-0.05, 0) is 36.8 Å². The van der Waals surface area contributed by atoms with E-state index in [4.69, 9.17) is 17.3 Å². The van der Waals surface area contributed by atoms with E-state index in [0.29, 0.717) is 22.0 Å². The molecule has 0 unspecified atom stereocenters. The van der Waals surface area contributed by atoms with Crippen LogP contribution in [0.3, 0.4) is 0 Å². The van der Waals surface area contributed by atoms with Crippen LogP contribution in [0.25, 0.3) is 0 Å². The van der Waals surface area contributed by atoms with Crippen LogP contribution in [-0.4, -0.2) is 10.9 Å². The fraction of sp³-hybridized carbons (Fsp3) is 0.0769. The minimum atomic E-state index is -0.252. The SMILES string of the molecule is Cc1cncc(C(=O)Nc2ccc(N)cc2Cl)c1. The molecule has 0 aliphatic heterocycles. The van der Waals surface area contributed by atoms with Gasteiger partial charge in [0.25, 0.3) is 5.91 Å². The molecule has 2 aromatic rings. The van der Waals surface area contributed by atoms with Crippen LogP contribution in [0.5, 0.6) is 0 Å². The normalized spacial score (nSPS) is 10.1. The Balaban J connectivity index is 2.21. The summed E-state index contributed by atoms with van der Waals surface area (Å²) in [4.78, 5) is 15.9. The minimum Gasteiger partial charge on any atom is -0.399 e. The standard InChI is InChI=1S/C13H12ClN3O/c1-8-4-9(7-16-6-8)13(18)17-12-3-2-10(15)5-11(12)14/h2-7H,15H2,1H3,(H,17,18). The lowest BCUT2D eigenvalue weighted by molar-refractivity contribution is 0.102. The fourth-order valence-corrected chi connectivity index (χ4v) is 1.74.